The third-order valence-electron chi connectivity index (χ3n) is 5.73. The van der Waals surface area contributed by atoms with E-state index in [2.05, 4.69) is 29.4 Å². The van der Waals surface area contributed by atoms with Gasteiger partial charge in [-0.05, 0) is 29.2 Å². The quantitative estimate of drug-likeness (QED) is 0.684. The van der Waals surface area contributed by atoms with Gasteiger partial charge in [0.05, 0.1) is 37.0 Å². The average Bonchev–Trinajstić information content (AvgIpc) is 3.12. The topological polar surface area (TPSA) is 56.6 Å². The summed E-state index contributed by atoms with van der Waals surface area (Å²) in [6, 6.07) is 16.0. The van der Waals surface area contributed by atoms with Gasteiger partial charge in [-0.2, -0.15) is 5.10 Å². The first-order valence-electron chi connectivity index (χ1n) is 9.88. The van der Waals surface area contributed by atoms with Crippen molar-refractivity contribution < 1.29 is 14.3 Å². The molecule has 1 amide bonds. The summed E-state index contributed by atoms with van der Waals surface area (Å²) in [6.07, 6.45) is 4.50. The molecule has 0 N–H and O–H groups in total. The molecule has 0 radical (unpaired) electrons. The predicted molar refractivity (Wildman–Crippen MR) is 110 cm³/mol. The van der Waals surface area contributed by atoms with Crippen molar-refractivity contribution in [3.05, 3.63) is 71.9 Å². The number of carbonyl (C=O) groups is 1. The Labute approximate surface area is 169 Å². The highest BCUT2D eigenvalue weighted by Gasteiger charge is 2.39. The van der Waals surface area contributed by atoms with E-state index in [1.54, 1.807) is 0 Å². The summed E-state index contributed by atoms with van der Waals surface area (Å²) in [6.45, 7) is 1.31. The third-order valence-corrected chi connectivity index (χ3v) is 5.73. The third kappa shape index (κ3) is 3.40. The van der Waals surface area contributed by atoms with Crippen molar-refractivity contribution in [2.24, 2.45) is 7.05 Å². The minimum Gasteiger partial charge on any atom is -0.445 e. The number of carbonyl (C=O) groups excluding carboxylic acids is 1. The number of amides is 1. The zero-order valence-corrected chi connectivity index (χ0v) is 16.3. The van der Waals surface area contributed by atoms with Crippen LogP contribution in [0.2, 0.25) is 0 Å². The van der Waals surface area contributed by atoms with Gasteiger partial charge in [-0.1, -0.05) is 48.5 Å². The van der Waals surface area contributed by atoms with Gasteiger partial charge in [0.25, 0.3) is 0 Å². The molecule has 2 atom stereocenters. The minimum atomic E-state index is -0.274. The fraction of sp³-hybridized carbons (Fsp3) is 0.304. The highest BCUT2D eigenvalue weighted by Crippen LogP contribution is 2.34. The molecule has 6 heteroatoms. The van der Waals surface area contributed by atoms with Crippen molar-refractivity contribution >= 4 is 22.6 Å². The highest BCUT2D eigenvalue weighted by molar-refractivity contribution is 5.84. The van der Waals surface area contributed by atoms with Crippen LogP contribution in [0.3, 0.4) is 0 Å². The van der Waals surface area contributed by atoms with Gasteiger partial charge < -0.3 is 9.47 Å². The first kappa shape index (κ1) is 17.9. The first-order chi connectivity index (χ1) is 14.2. The largest absolute Gasteiger partial charge is 0.445 e. The number of nitrogens with zero attached hydrogens (tertiary/aromatic N) is 3. The molecule has 1 fully saturated rings. The normalized spacial score (nSPS) is 21.1. The molecule has 5 rings (SSSR count). The zero-order chi connectivity index (χ0) is 19.8. The van der Waals surface area contributed by atoms with Gasteiger partial charge in [0.2, 0.25) is 0 Å². The molecule has 3 heterocycles. The van der Waals surface area contributed by atoms with Crippen LogP contribution in [0, 0.1) is 0 Å². The lowest BCUT2D eigenvalue weighted by molar-refractivity contribution is -0.0342. The van der Waals surface area contributed by atoms with Gasteiger partial charge >= 0.3 is 6.09 Å². The van der Waals surface area contributed by atoms with Gasteiger partial charge in [0.1, 0.15) is 6.61 Å². The van der Waals surface area contributed by atoms with Crippen LogP contribution in [-0.4, -0.2) is 46.1 Å². The van der Waals surface area contributed by atoms with E-state index in [9.17, 15) is 4.79 Å². The summed E-state index contributed by atoms with van der Waals surface area (Å²) in [5.74, 6) is 0. The number of morpholine rings is 1. The molecule has 2 aromatic carbocycles. The van der Waals surface area contributed by atoms with Gasteiger partial charge in [0.15, 0.2) is 0 Å². The molecule has 1 aromatic heterocycles. The summed E-state index contributed by atoms with van der Waals surface area (Å²) in [5.41, 5.74) is 4.52. The van der Waals surface area contributed by atoms with E-state index in [1.165, 1.54) is 11.1 Å². The fourth-order valence-corrected chi connectivity index (χ4v) is 4.23. The average molecular weight is 389 g/mol. The Kier molecular flexibility index (Phi) is 4.56. The first-order valence-corrected chi connectivity index (χ1v) is 9.88. The highest BCUT2D eigenvalue weighted by atomic mass is 16.6. The second kappa shape index (κ2) is 7.37. The Morgan fingerprint density at radius 3 is 2.90 bits per heavy atom. The van der Waals surface area contributed by atoms with E-state index >= 15 is 0 Å². The van der Waals surface area contributed by atoms with Crippen molar-refractivity contribution in [3.63, 3.8) is 0 Å². The van der Waals surface area contributed by atoms with Gasteiger partial charge in [-0.3, -0.25) is 9.58 Å². The van der Waals surface area contributed by atoms with E-state index < -0.39 is 0 Å². The minimum absolute atomic E-state index is 0.0146. The number of aromatic nitrogens is 2. The van der Waals surface area contributed by atoms with E-state index in [1.807, 2.05) is 53.2 Å². The van der Waals surface area contributed by atoms with Gasteiger partial charge in [0, 0.05) is 12.4 Å². The summed E-state index contributed by atoms with van der Waals surface area (Å²) in [7, 11) is 1.95. The molecule has 6 nitrogen and oxygen atoms in total. The van der Waals surface area contributed by atoms with Crippen molar-refractivity contribution in [3.8, 4) is 0 Å². The molecule has 0 spiro atoms. The molecule has 2 aliphatic rings. The Morgan fingerprint density at radius 1 is 1.21 bits per heavy atom. The fourth-order valence-electron chi connectivity index (χ4n) is 4.23. The standard InChI is InChI=1S/C23H23N3O3/c1-25-22-11-17(7-8-18(22)12-24-25)19-9-20-14-28-15-21(10-19)26(20)23(27)29-13-16-5-3-2-4-6-16/h2-9,11-12,20-21H,10,13-15H2,1H3. The van der Waals surface area contributed by atoms with Crippen LogP contribution in [0.25, 0.3) is 16.5 Å². The monoisotopic (exact) mass is 389 g/mol. The lowest BCUT2D eigenvalue weighted by atomic mass is 9.90. The number of hydrogen-bond acceptors (Lipinski definition) is 4. The number of aryl methyl sites for hydroxylation is 1. The second-order valence-corrected chi connectivity index (χ2v) is 7.64. The van der Waals surface area contributed by atoms with E-state index in [-0.39, 0.29) is 24.8 Å². The van der Waals surface area contributed by atoms with Crippen molar-refractivity contribution in [1.29, 1.82) is 0 Å². The van der Waals surface area contributed by atoms with E-state index in [0.29, 0.717) is 13.2 Å². The Hall–Kier alpha value is -3.12. The van der Waals surface area contributed by atoms with Crippen LogP contribution in [-0.2, 0) is 23.1 Å². The van der Waals surface area contributed by atoms with Crippen LogP contribution in [0.1, 0.15) is 17.5 Å². The van der Waals surface area contributed by atoms with Crippen LogP contribution < -0.4 is 0 Å². The lowest BCUT2D eigenvalue weighted by Gasteiger charge is -2.43. The molecule has 3 aromatic rings. The SMILES string of the molecule is Cn1ncc2ccc(C3=CC4COCC(C3)N4C(=O)OCc3ccccc3)cc21. The summed E-state index contributed by atoms with van der Waals surface area (Å²) >= 11 is 0. The molecular formula is C23H23N3O3. The van der Waals surface area contributed by atoms with Crippen LogP contribution in [0.4, 0.5) is 4.79 Å². The number of ether oxygens (including phenoxy) is 2. The van der Waals surface area contributed by atoms with Gasteiger partial charge in [-0.25, -0.2) is 4.79 Å². The maximum atomic E-state index is 12.8. The molecule has 2 unspecified atom stereocenters. The summed E-state index contributed by atoms with van der Waals surface area (Å²) in [4.78, 5) is 14.7. The summed E-state index contributed by atoms with van der Waals surface area (Å²) < 4.78 is 13.2. The van der Waals surface area contributed by atoms with E-state index in [0.717, 1.165) is 22.9 Å². The van der Waals surface area contributed by atoms with Crippen LogP contribution >= 0.6 is 0 Å². The van der Waals surface area contributed by atoms with Crippen molar-refractivity contribution in [1.82, 2.24) is 14.7 Å². The maximum absolute atomic E-state index is 12.8. The molecule has 148 valence electrons. The number of fused-ring (bicyclic) bond motifs is 3. The van der Waals surface area contributed by atoms with Crippen molar-refractivity contribution in [2.45, 2.75) is 25.1 Å². The number of hydrogen-bond donors (Lipinski definition) is 0. The molecule has 29 heavy (non-hydrogen) atoms. The number of benzene rings is 2. The maximum Gasteiger partial charge on any atom is 0.411 e. The summed E-state index contributed by atoms with van der Waals surface area (Å²) in [5, 5.41) is 5.45. The van der Waals surface area contributed by atoms with Crippen molar-refractivity contribution in [2.75, 3.05) is 13.2 Å². The van der Waals surface area contributed by atoms with Gasteiger partial charge in [-0.15, -0.1) is 0 Å². The predicted octanol–water partition coefficient (Wildman–Crippen LogP) is 3.77. The molecule has 0 aliphatic carbocycles. The Bertz CT molecular complexity index is 1070. The molecule has 0 saturated carbocycles. The van der Waals surface area contributed by atoms with Crippen LogP contribution in [0.15, 0.2) is 60.8 Å². The van der Waals surface area contributed by atoms with E-state index in [4.69, 9.17) is 9.47 Å². The lowest BCUT2D eigenvalue weighted by Crippen LogP contribution is -2.56. The number of rotatable bonds is 3. The molecule has 2 aliphatic heterocycles. The molecule has 2 bridgehead atoms. The second-order valence-electron chi connectivity index (χ2n) is 7.64. The molecular weight excluding hydrogens is 366 g/mol. The Morgan fingerprint density at radius 2 is 2.07 bits per heavy atom. The zero-order valence-electron chi connectivity index (χ0n) is 16.3. The smallest absolute Gasteiger partial charge is 0.411 e. The molecule has 1 saturated heterocycles. The van der Waals surface area contributed by atoms with Crippen LogP contribution in [0.5, 0.6) is 0 Å². The Balaban J connectivity index is 1.37.